The van der Waals surface area contributed by atoms with Crippen LogP contribution in [0.2, 0.25) is 0 Å². The summed E-state index contributed by atoms with van der Waals surface area (Å²) >= 11 is 4.75. The van der Waals surface area contributed by atoms with Crippen LogP contribution in [0, 0.1) is 0 Å². The van der Waals surface area contributed by atoms with E-state index in [1.807, 2.05) is 24.3 Å². The van der Waals surface area contributed by atoms with Crippen molar-refractivity contribution < 1.29 is 14.3 Å². The van der Waals surface area contributed by atoms with E-state index in [4.69, 9.17) is 9.47 Å². The zero-order chi connectivity index (χ0) is 19.2. The number of aromatic nitrogens is 2. The number of halogens is 1. The maximum absolute atomic E-state index is 12.2. The van der Waals surface area contributed by atoms with Gasteiger partial charge in [-0.05, 0) is 17.7 Å². The molecule has 27 heavy (non-hydrogen) atoms. The number of thioether (sulfide) groups is 1. The molecule has 2 N–H and O–H groups in total. The zero-order valence-electron chi connectivity index (χ0n) is 14.8. The minimum absolute atomic E-state index is 0.142. The Morgan fingerprint density at radius 2 is 1.81 bits per heavy atom. The number of rotatable bonds is 7. The average Bonchev–Trinajstić information content (AvgIpc) is 3.15. The molecule has 0 saturated heterocycles. The van der Waals surface area contributed by atoms with E-state index in [-0.39, 0.29) is 11.7 Å². The van der Waals surface area contributed by atoms with Crippen molar-refractivity contribution in [1.82, 2.24) is 9.97 Å². The molecule has 0 unspecified atom stereocenters. The van der Waals surface area contributed by atoms with Crippen LogP contribution >= 0.6 is 27.7 Å². The Bertz CT molecular complexity index is 906. The summed E-state index contributed by atoms with van der Waals surface area (Å²) < 4.78 is 11.4. The van der Waals surface area contributed by atoms with Gasteiger partial charge in [0.1, 0.15) is 11.5 Å². The number of carbonyl (C=O) groups is 1. The molecule has 0 atom stereocenters. The van der Waals surface area contributed by atoms with Gasteiger partial charge in [0.25, 0.3) is 0 Å². The van der Waals surface area contributed by atoms with Crippen LogP contribution in [0.3, 0.4) is 0 Å². The Balaban J connectivity index is 1.59. The fourth-order valence-corrected chi connectivity index (χ4v) is 3.28. The number of imidazole rings is 1. The second kappa shape index (κ2) is 8.96. The largest absolute Gasteiger partial charge is 0.497 e. The third kappa shape index (κ3) is 5.27. The molecule has 140 valence electrons. The predicted molar refractivity (Wildman–Crippen MR) is 111 cm³/mol. The molecule has 0 radical (unpaired) electrons. The van der Waals surface area contributed by atoms with E-state index < -0.39 is 0 Å². The van der Waals surface area contributed by atoms with Crippen LogP contribution in [0.15, 0.2) is 58.3 Å². The summed E-state index contributed by atoms with van der Waals surface area (Å²) in [7, 11) is 3.13. The molecule has 0 aliphatic carbocycles. The summed E-state index contributed by atoms with van der Waals surface area (Å²) in [5.41, 5.74) is 2.56. The Morgan fingerprint density at radius 3 is 2.44 bits per heavy atom. The van der Waals surface area contributed by atoms with Crippen molar-refractivity contribution in [3.63, 3.8) is 0 Å². The van der Waals surface area contributed by atoms with Gasteiger partial charge in [-0.25, -0.2) is 4.98 Å². The van der Waals surface area contributed by atoms with Gasteiger partial charge in [-0.2, -0.15) is 0 Å². The Morgan fingerprint density at radius 1 is 1.15 bits per heavy atom. The molecule has 6 nitrogen and oxygen atoms in total. The van der Waals surface area contributed by atoms with Gasteiger partial charge in [-0.3, -0.25) is 4.79 Å². The number of amides is 1. The van der Waals surface area contributed by atoms with Crippen LogP contribution in [0.5, 0.6) is 11.5 Å². The quantitative estimate of drug-likeness (QED) is 0.518. The molecule has 1 heterocycles. The fourth-order valence-electron chi connectivity index (χ4n) is 2.36. The highest BCUT2D eigenvalue weighted by molar-refractivity contribution is 9.10. The lowest BCUT2D eigenvalue weighted by molar-refractivity contribution is -0.113. The van der Waals surface area contributed by atoms with Gasteiger partial charge in [0.2, 0.25) is 5.91 Å². The first kappa shape index (κ1) is 19.3. The van der Waals surface area contributed by atoms with Crippen molar-refractivity contribution in [1.29, 1.82) is 0 Å². The van der Waals surface area contributed by atoms with Crippen LogP contribution in [-0.4, -0.2) is 35.8 Å². The first-order valence-electron chi connectivity index (χ1n) is 8.04. The van der Waals surface area contributed by atoms with Gasteiger partial charge in [0.15, 0.2) is 5.16 Å². The number of anilines is 1. The van der Waals surface area contributed by atoms with Crippen molar-refractivity contribution in [2.75, 3.05) is 25.3 Å². The van der Waals surface area contributed by atoms with E-state index in [0.29, 0.717) is 22.3 Å². The summed E-state index contributed by atoms with van der Waals surface area (Å²) in [6.45, 7) is 0. The second-order valence-corrected chi connectivity index (χ2v) is 7.43. The summed E-state index contributed by atoms with van der Waals surface area (Å²) in [4.78, 5) is 19.8. The number of methoxy groups -OCH3 is 2. The van der Waals surface area contributed by atoms with E-state index in [2.05, 4.69) is 31.2 Å². The number of hydrogen-bond donors (Lipinski definition) is 2. The number of aromatic amines is 1. The van der Waals surface area contributed by atoms with E-state index in [0.717, 1.165) is 15.7 Å². The molecule has 2 aromatic carbocycles. The van der Waals surface area contributed by atoms with Crippen molar-refractivity contribution in [2.45, 2.75) is 5.16 Å². The SMILES string of the molecule is COc1cc(NC(=O)CSc2ncc(-c3ccc(Br)cc3)[nH]2)cc(OC)c1. The van der Waals surface area contributed by atoms with Gasteiger partial charge < -0.3 is 19.8 Å². The maximum Gasteiger partial charge on any atom is 0.234 e. The fraction of sp³-hybridized carbons (Fsp3) is 0.158. The molecule has 0 fully saturated rings. The number of ether oxygens (including phenoxy) is 2. The molecule has 1 aromatic heterocycles. The summed E-state index contributed by atoms with van der Waals surface area (Å²) in [5, 5.41) is 3.53. The lowest BCUT2D eigenvalue weighted by Gasteiger charge is -2.09. The molecule has 8 heteroatoms. The lowest BCUT2D eigenvalue weighted by Crippen LogP contribution is -2.14. The van der Waals surface area contributed by atoms with Crippen LogP contribution in [0.4, 0.5) is 5.69 Å². The van der Waals surface area contributed by atoms with Gasteiger partial charge in [0, 0.05) is 28.4 Å². The monoisotopic (exact) mass is 447 g/mol. The molecule has 1 amide bonds. The maximum atomic E-state index is 12.2. The Kier molecular flexibility index (Phi) is 6.41. The number of benzene rings is 2. The van der Waals surface area contributed by atoms with Crippen molar-refractivity contribution >= 4 is 39.3 Å². The normalized spacial score (nSPS) is 10.5. The van der Waals surface area contributed by atoms with Crippen molar-refractivity contribution in [3.05, 3.63) is 53.1 Å². The molecule has 3 aromatic rings. The van der Waals surface area contributed by atoms with Crippen LogP contribution in [0.25, 0.3) is 11.3 Å². The average molecular weight is 448 g/mol. The van der Waals surface area contributed by atoms with Crippen LogP contribution in [0.1, 0.15) is 0 Å². The number of carbonyl (C=O) groups excluding carboxylic acids is 1. The van der Waals surface area contributed by atoms with E-state index in [1.54, 1.807) is 38.6 Å². The molecule has 0 spiro atoms. The first-order valence-corrected chi connectivity index (χ1v) is 9.82. The molecule has 0 bridgehead atoms. The first-order chi connectivity index (χ1) is 13.1. The third-order valence-corrected chi connectivity index (χ3v) is 5.10. The van der Waals surface area contributed by atoms with E-state index in [9.17, 15) is 4.79 Å². The minimum Gasteiger partial charge on any atom is -0.497 e. The molecular weight excluding hydrogens is 430 g/mol. The molecule has 0 saturated carbocycles. The van der Waals surface area contributed by atoms with Crippen molar-refractivity contribution in [3.8, 4) is 22.8 Å². The summed E-state index contributed by atoms with van der Waals surface area (Å²) in [6, 6.07) is 13.2. The highest BCUT2D eigenvalue weighted by Crippen LogP contribution is 2.26. The van der Waals surface area contributed by atoms with E-state index >= 15 is 0 Å². The Hall–Kier alpha value is -2.45. The molecule has 0 aliphatic heterocycles. The number of H-pyrrole nitrogens is 1. The van der Waals surface area contributed by atoms with Gasteiger partial charge in [-0.1, -0.05) is 39.8 Å². The molecular formula is C19H18BrN3O3S. The highest BCUT2D eigenvalue weighted by Gasteiger charge is 2.09. The number of nitrogens with zero attached hydrogens (tertiary/aromatic N) is 1. The minimum atomic E-state index is -0.142. The van der Waals surface area contributed by atoms with E-state index in [1.165, 1.54) is 11.8 Å². The van der Waals surface area contributed by atoms with Gasteiger partial charge in [0.05, 0.1) is 31.9 Å². The lowest BCUT2D eigenvalue weighted by atomic mass is 10.2. The van der Waals surface area contributed by atoms with Gasteiger partial charge >= 0.3 is 0 Å². The predicted octanol–water partition coefficient (Wildman–Crippen LogP) is 4.59. The smallest absolute Gasteiger partial charge is 0.234 e. The Labute approximate surface area is 169 Å². The summed E-state index contributed by atoms with van der Waals surface area (Å²) in [5.74, 6) is 1.31. The van der Waals surface area contributed by atoms with Crippen LogP contribution in [-0.2, 0) is 4.79 Å². The number of nitrogens with one attached hydrogen (secondary N) is 2. The second-order valence-electron chi connectivity index (χ2n) is 5.55. The molecule has 0 aliphatic rings. The number of hydrogen-bond acceptors (Lipinski definition) is 5. The topological polar surface area (TPSA) is 76.2 Å². The third-order valence-electron chi connectivity index (χ3n) is 3.68. The molecule has 3 rings (SSSR count). The van der Waals surface area contributed by atoms with Crippen LogP contribution < -0.4 is 14.8 Å². The van der Waals surface area contributed by atoms with Gasteiger partial charge in [-0.15, -0.1) is 0 Å². The van der Waals surface area contributed by atoms with Crippen molar-refractivity contribution in [2.24, 2.45) is 0 Å². The highest BCUT2D eigenvalue weighted by atomic mass is 79.9. The zero-order valence-corrected chi connectivity index (χ0v) is 17.2. The summed E-state index contributed by atoms with van der Waals surface area (Å²) in [6.07, 6.45) is 1.76. The standard InChI is InChI=1S/C19H18BrN3O3S/c1-25-15-7-14(8-16(9-15)26-2)22-18(24)11-27-19-21-10-17(23-19)12-3-5-13(20)6-4-12/h3-10H,11H2,1-2H3,(H,21,23)(H,22,24).